The summed E-state index contributed by atoms with van der Waals surface area (Å²) in [5, 5.41) is 8.00. The Labute approximate surface area is 116 Å². The number of anilines is 1. The van der Waals surface area contributed by atoms with Crippen molar-refractivity contribution in [2.75, 3.05) is 39.1 Å². The van der Waals surface area contributed by atoms with Crippen molar-refractivity contribution in [1.29, 1.82) is 0 Å². The summed E-state index contributed by atoms with van der Waals surface area (Å²) in [5.41, 5.74) is 0.298. The molecule has 2 amide bonds. The van der Waals surface area contributed by atoms with E-state index >= 15 is 0 Å². The fourth-order valence-electron chi connectivity index (χ4n) is 1.15. The Kier molecular flexibility index (Phi) is 6.07. The minimum Gasteiger partial charge on any atom is -0.461 e. The van der Waals surface area contributed by atoms with Crippen LogP contribution < -0.4 is 10.6 Å². The summed E-state index contributed by atoms with van der Waals surface area (Å²) in [4.78, 5) is 28.2. The van der Waals surface area contributed by atoms with Crippen LogP contribution in [0.1, 0.15) is 17.4 Å². The highest BCUT2D eigenvalue weighted by Gasteiger charge is 2.11. The molecule has 0 atom stereocenters. The molecule has 7 nitrogen and oxygen atoms in total. The molecule has 0 spiro atoms. The van der Waals surface area contributed by atoms with Crippen molar-refractivity contribution in [1.82, 2.24) is 15.2 Å². The van der Waals surface area contributed by atoms with Gasteiger partial charge in [0, 0.05) is 32.6 Å². The summed E-state index contributed by atoms with van der Waals surface area (Å²) in [6, 6.07) is -0.145. The van der Waals surface area contributed by atoms with Crippen molar-refractivity contribution in [3.63, 3.8) is 0 Å². The number of nitrogens with zero attached hydrogens (tertiary/aromatic N) is 2. The first kappa shape index (κ1) is 15.2. The van der Waals surface area contributed by atoms with Crippen LogP contribution in [0.2, 0.25) is 0 Å². The summed E-state index contributed by atoms with van der Waals surface area (Å²) in [5.74, 6) is -0.423. The standard InChI is InChI=1S/C11H18N4O3S/c1-4-18-9(16)8-7-19-10(14-8)12-5-6-13-11(17)15(2)3/h7H,4-6H2,1-3H3,(H,12,14)(H,13,17). The molecule has 0 unspecified atom stereocenters. The van der Waals surface area contributed by atoms with Crippen molar-refractivity contribution in [2.24, 2.45) is 0 Å². The third-order valence-corrected chi connectivity index (χ3v) is 2.87. The molecule has 1 heterocycles. The lowest BCUT2D eigenvalue weighted by Gasteiger charge is -2.11. The van der Waals surface area contributed by atoms with E-state index < -0.39 is 5.97 Å². The number of nitrogens with one attached hydrogen (secondary N) is 2. The van der Waals surface area contributed by atoms with Gasteiger partial charge >= 0.3 is 12.0 Å². The molecule has 0 aliphatic rings. The largest absolute Gasteiger partial charge is 0.461 e. The third kappa shape index (κ3) is 5.12. The fraction of sp³-hybridized carbons (Fsp3) is 0.545. The molecule has 0 saturated heterocycles. The zero-order chi connectivity index (χ0) is 14.3. The normalized spacial score (nSPS) is 9.84. The molecule has 0 aliphatic carbocycles. The lowest BCUT2D eigenvalue weighted by Crippen LogP contribution is -2.37. The lowest BCUT2D eigenvalue weighted by molar-refractivity contribution is 0.0520. The minimum absolute atomic E-state index is 0.145. The van der Waals surface area contributed by atoms with E-state index in [1.54, 1.807) is 26.4 Å². The summed E-state index contributed by atoms with van der Waals surface area (Å²) in [7, 11) is 3.35. The van der Waals surface area contributed by atoms with Crippen LogP contribution in [0.4, 0.5) is 9.93 Å². The summed E-state index contributed by atoms with van der Waals surface area (Å²) >= 11 is 1.32. The first-order chi connectivity index (χ1) is 9.04. The van der Waals surface area contributed by atoms with Crippen LogP contribution >= 0.6 is 11.3 Å². The number of carbonyl (C=O) groups excluding carboxylic acids is 2. The maximum atomic E-state index is 11.4. The number of hydrogen-bond acceptors (Lipinski definition) is 6. The number of thiazole rings is 1. The van der Waals surface area contributed by atoms with Gasteiger partial charge in [0.25, 0.3) is 0 Å². The number of rotatable bonds is 6. The van der Waals surface area contributed by atoms with Gasteiger partial charge in [0.15, 0.2) is 10.8 Å². The minimum atomic E-state index is -0.423. The Morgan fingerprint density at radius 3 is 2.79 bits per heavy atom. The molecule has 0 bridgehead atoms. The monoisotopic (exact) mass is 286 g/mol. The SMILES string of the molecule is CCOC(=O)c1csc(NCCNC(=O)N(C)C)n1. The van der Waals surface area contributed by atoms with Crippen molar-refractivity contribution >= 4 is 28.5 Å². The van der Waals surface area contributed by atoms with E-state index in [9.17, 15) is 9.59 Å². The Bertz CT molecular complexity index is 433. The number of carbonyl (C=O) groups is 2. The van der Waals surface area contributed by atoms with Gasteiger partial charge in [-0.25, -0.2) is 14.6 Å². The number of ether oxygens (including phenoxy) is 1. The second-order valence-corrected chi connectivity index (χ2v) is 4.67. The van der Waals surface area contributed by atoms with Crippen LogP contribution in [0.25, 0.3) is 0 Å². The van der Waals surface area contributed by atoms with Gasteiger partial charge in [0.05, 0.1) is 6.61 Å². The maximum Gasteiger partial charge on any atom is 0.357 e. The first-order valence-electron chi connectivity index (χ1n) is 5.86. The highest BCUT2D eigenvalue weighted by atomic mass is 32.1. The second-order valence-electron chi connectivity index (χ2n) is 3.81. The summed E-state index contributed by atoms with van der Waals surface area (Å²) in [6.07, 6.45) is 0. The number of aromatic nitrogens is 1. The fourth-order valence-corrected chi connectivity index (χ4v) is 1.86. The molecule has 0 aromatic carbocycles. The molecule has 1 aromatic rings. The molecule has 0 radical (unpaired) electrons. The van der Waals surface area contributed by atoms with Gasteiger partial charge in [-0.2, -0.15) is 0 Å². The second kappa shape index (κ2) is 7.57. The van der Waals surface area contributed by atoms with Crippen molar-refractivity contribution in [2.45, 2.75) is 6.92 Å². The van der Waals surface area contributed by atoms with Crippen molar-refractivity contribution in [3.05, 3.63) is 11.1 Å². The Morgan fingerprint density at radius 1 is 1.42 bits per heavy atom. The van der Waals surface area contributed by atoms with E-state index in [0.29, 0.717) is 30.5 Å². The van der Waals surface area contributed by atoms with Gasteiger partial charge in [0.2, 0.25) is 0 Å². The zero-order valence-corrected chi connectivity index (χ0v) is 12.0. The van der Waals surface area contributed by atoms with Crippen molar-refractivity contribution < 1.29 is 14.3 Å². The zero-order valence-electron chi connectivity index (χ0n) is 11.2. The average Bonchev–Trinajstić information content (AvgIpc) is 2.83. The van der Waals surface area contributed by atoms with Gasteiger partial charge in [0.1, 0.15) is 0 Å². The summed E-state index contributed by atoms with van der Waals surface area (Å²) in [6.45, 7) is 3.09. The van der Waals surface area contributed by atoms with Crippen LogP contribution in [-0.4, -0.2) is 55.7 Å². The number of hydrogen-bond donors (Lipinski definition) is 2. The molecule has 1 rings (SSSR count). The molecule has 106 valence electrons. The molecule has 0 saturated carbocycles. The van der Waals surface area contributed by atoms with Crippen LogP contribution in [-0.2, 0) is 4.74 Å². The molecule has 19 heavy (non-hydrogen) atoms. The number of esters is 1. The van der Waals surface area contributed by atoms with E-state index in [2.05, 4.69) is 15.6 Å². The van der Waals surface area contributed by atoms with E-state index in [0.717, 1.165) is 0 Å². The van der Waals surface area contributed by atoms with E-state index in [-0.39, 0.29) is 6.03 Å². The Morgan fingerprint density at radius 2 is 2.16 bits per heavy atom. The summed E-state index contributed by atoms with van der Waals surface area (Å²) < 4.78 is 4.84. The van der Waals surface area contributed by atoms with Gasteiger partial charge in [-0.15, -0.1) is 11.3 Å². The number of urea groups is 1. The predicted octanol–water partition coefficient (Wildman–Crippen LogP) is 1.00. The topological polar surface area (TPSA) is 83.6 Å². The van der Waals surface area contributed by atoms with Gasteiger partial charge in [-0.05, 0) is 6.92 Å². The van der Waals surface area contributed by atoms with Crippen LogP contribution in [0, 0.1) is 0 Å². The number of amides is 2. The van der Waals surface area contributed by atoms with E-state index in [1.807, 2.05) is 0 Å². The molecular weight excluding hydrogens is 268 g/mol. The third-order valence-electron chi connectivity index (χ3n) is 2.07. The molecule has 0 fully saturated rings. The molecule has 1 aromatic heterocycles. The van der Waals surface area contributed by atoms with Crippen LogP contribution in [0.15, 0.2) is 5.38 Å². The highest BCUT2D eigenvalue weighted by Crippen LogP contribution is 2.15. The molecule has 2 N–H and O–H groups in total. The lowest BCUT2D eigenvalue weighted by atomic mass is 10.5. The highest BCUT2D eigenvalue weighted by molar-refractivity contribution is 7.13. The Hall–Kier alpha value is -1.83. The molecule has 8 heteroatoms. The average molecular weight is 286 g/mol. The van der Waals surface area contributed by atoms with Gasteiger partial charge in [-0.3, -0.25) is 0 Å². The van der Waals surface area contributed by atoms with Gasteiger partial charge < -0.3 is 20.3 Å². The smallest absolute Gasteiger partial charge is 0.357 e. The van der Waals surface area contributed by atoms with Crippen LogP contribution in [0.5, 0.6) is 0 Å². The Balaban J connectivity index is 2.31. The van der Waals surface area contributed by atoms with E-state index in [1.165, 1.54) is 16.2 Å². The van der Waals surface area contributed by atoms with Gasteiger partial charge in [-0.1, -0.05) is 0 Å². The van der Waals surface area contributed by atoms with E-state index in [4.69, 9.17) is 4.74 Å². The maximum absolute atomic E-state index is 11.4. The molecule has 0 aliphatic heterocycles. The predicted molar refractivity (Wildman–Crippen MR) is 73.6 cm³/mol. The molecular formula is C11H18N4O3S. The van der Waals surface area contributed by atoms with Crippen LogP contribution in [0.3, 0.4) is 0 Å². The first-order valence-corrected chi connectivity index (χ1v) is 6.74. The van der Waals surface area contributed by atoms with Crippen molar-refractivity contribution in [3.8, 4) is 0 Å². The quantitative estimate of drug-likeness (QED) is 0.602.